The zero-order valence-corrected chi connectivity index (χ0v) is 11.6. The van der Waals surface area contributed by atoms with Crippen LogP contribution < -0.4 is 10.1 Å². The smallest absolute Gasteiger partial charge is 0.123 e. The lowest BCUT2D eigenvalue weighted by molar-refractivity contribution is 0.408. The van der Waals surface area contributed by atoms with E-state index < -0.39 is 0 Å². The van der Waals surface area contributed by atoms with Crippen molar-refractivity contribution >= 4 is 0 Å². The molecule has 0 aliphatic heterocycles. The highest BCUT2D eigenvalue weighted by molar-refractivity contribution is 5.65. The van der Waals surface area contributed by atoms with Crippen LogP contribution in [0, 0.1) is 0 Å². The van der Waals surface area contributed by atoms with E-state index in [-0.39, 0.29) is 0 Å². The van der Waals surface area contributed by atoms with Crippen molar-refractivity contribution in [3.8, 4) is 16.9 Å². The molecule has 19 heavy (non-hydrogen) atoms. The molecule has 0 spiro atoms. The highest BCUT2D eigenvalue weighted by Gasteiger charge is 2.05. The fourth-order valence-electron chi connectivity index (χ4n) is 2.13. The van der Waals surface area contributed by atoms with Crippen molar-refractivity contribution in [1.29, 1.82) is 0 Å². The van der Waals surface area contributed by atoms with Gasteiger partial charge in [0.25, 0.3) is 0 Å². The third kappa shape index (κ3) is 3.58. The molecule has 0 heterocycles. The van der Waals surface area contributed by atoms with Crippen LogP contribution in [0.3, 0.4) is 0 Å². The molecular weight excluding hydrogens is 234 g/mol. The van der Waals surface area contributed by atoms with E-state index in [1.165, 1.54) is 16.7 Å². The number of nitrogens with one attached hydrogen (secondary N) is 1. The molecule has 0 saturated carbocycles. The first kappa shape index (κ1) is 13.6. The highest BCUT2D eigenvalue weighted by atomic mass is 16.5. The molecule has 2 nitrogen and oxygen atoms in total. The number of methoxy groups -OCH3 is 1. The molecule has 0 aliphatic rings. The summed E-state index contributed by atoms with van der Waals surface area (Å²) in [5.41, 5.74) is 3.67. The average Bonchev–Trinajstić information content (AvgIpc) is 2.48. The number of hydrogen-bond acceptors (Lipinski definition) is 2. The summed E-state index contributed by atoms with van der Waals surface area (Å²) in [7, 11) is 1.72. The summed E-state index contributed by atoms with van der Waals surface area (Å²) in [6.07, 6.45) is 1.14. The van der Waals surface area contributed by atoms with E-state index in [2.05, 4.69) is 48.6 Å². The van der Waals surface area contributed by atoms with Crippen molar-refractivity contribution in [1.82, 2.24) is 5.32 Å². The SMILES string of the molecule is CCCNCc1cc(-c2ccccc2)ccc1OC. The highest BCUT2D eigenvalue weighted by Crippen LogP contribution is 2.26. The first-order valence-corrected chi connectivity index (χ1v) is 6.78. The summed E-state index contributed by atoms with van der Waals surface area (Å²) >= 11 is 0. The molecule has 2 heteroatoms. The van der Waals surface area contributed by atoms with Gasteiger partial charge in [0.2, 0.25) is 0 Å². The molecule has 0 fully saturated rings. The maximum Gasteiger partial charge on any atom is 0.123 e. The van der Waals surface area contributed by atoms with Crippen molar-refractivity contribution in [2.45, 2.75) is 19.9 Å². The monoisotopic (exact) mass is 255 g/mol. The van der Waals surface area contributed by atoms with Crippen LogP contribution in [0.4, 0.5) is 0 Å². The molecule has 2 aromatic carbocycles. The van der Waals surface area contributed by atoms with Gasteiger partial charge in [0, 0.05) is 12.1 Å². The Labute approximate surface area is 115 Å². The maximum atomic E-state index is 5.43. The largest absolute Gasteiger partial charge is 0.496 e. The van der Waals surface area contributed by atoms with Crippen molar-refractivity contribution in [2.75, 3.05) is 13.7 Å². The average molecular weight is 255 g/mol. The molecule has 0 radical (unpaired) electrons. The summed E-state index contributed by atoms with van der Waals surface area (Å²) < 4.78 is 5.43. The lowest BCUT2D eigenvalue weighted by Crippen LogP contribution is -2.14. The van der Waals surface area contributed by atoms with Gasteiger partial charge in [0.15, 0.2) is 0 Å². The minimum Gasteiger partial charge on any atom is -0.496 e. The van der Waals surface area contributed by atoms with E-state index >= 15 is 0 Å². The van der Waals surface area contributed by atoms with Crippen LogP contribution >= 0.6 is 0 Å². The van der Waals surface area contributed by atoms with Gasteiger partial charge in [-0.15, -0.1) is 0 Å². The van der Waals surface area contributed by atoms with Crippen LogP contribution in [0.25, 0.3) is 11.1 Å². The molecule has 0 bridgehead atoms. The van der Waals surface area contributed by atoms with Crippen molar-refractivity contribution in [2.24, 2.45) is 0 Å². The Morgan fingerprint density at radius 3 is 2.47 bits per heavy atom. The molecule has 2 rings (SSSR count). The molecule has 0 saturated heterocycles. The predicted octanol–water partition coefficient (Wildman–Crippen LogP) is 3.86. The van der Waals surface area contributed by atoms with Crippen molar-refractivity contribution in [3.05, 3.63) is 54.1 Å². The fourth-order valence-corrected chi connectivity index (χ4v) is 2.13. The molecule has 1 N–H and O–H groups in total. The number of rotatable bonds is 6. The zero-order valence-electron chi connectivity index (χ0n) is 11.6. The van der Waals surface area contributed by atoms with Crippen LogP contribution in [0.2, 0.25) is 0 Å². The Hall–Kier alpha value is -1.80. The number of hydrogen-bond donors (Lipinski definition) is 1. The van der Waals surface area contributed by atoms with Crippen LogP contribution in [0.15, 0.2) is 48.5 Å². The molecule has 0 amide bonds. The number of ether oxygens (including phenoxy) is 1. The molecule has 0 aliphatic carbocycles. The Balaban J connectivity index is 2.25. The molecule has 0 aromatic heterocycles. The first-order chi connectivity index (χ1) is 9.35. The van der Waals surface area contributed by atoms with Gasteiger partial charge in [-0.2, -0.15) is 0 Å². The molecular formula is C17H21NO. The standard InChI is InChI=1S/C17H21NO/c1-3-11-18-13-16-12-15(9-10-17(16)19-2)14-7-5-4-6-8-14/h4-10,12,18H,3,11,13H2,1-2H3. The second kappa shape index (κ2) is 6.95. The topological polar surface area (TPSA) is 21.3 Å². The Kier molecular flexibility index (Phi) is 4.99. The van der Waals surface area contributed by atoms with E-state index in [4.69, 9.17) is 4.74 Å². The van der Waals surface area contributed by atoms with Gasteiger partial charge in [0.1, 0.15) is 5.75 Å². The van der Waals surface area contributed by atoms with E-state index in [9.17, 15) is 0 Å². The lowest BCUT2D eigenvalue weighted by Gasteiger charge is -2.11. The quantitative estimate of drug-likeness (QED) is 0.791. The summed E-state index contributed by atoms with van der Waals surface area (Å²) in [6.45, 7) is 4.04. The summed E-state index contributed by atoms with van der Waals surface area (Å²) in [5, 5.41) is 3.42. The van der Waals surface area contributed by atoms with Crippen molar-refractivity contribution in [3.63, 3.8) is 0 Å². The van der Waals surface area contributed by atoms with Gasteiger partial charge < -0.3 is 10.1 Å². The molecule has 0 atom stereocenters. The molecule has 2 aromatic rings. The van der Waals surface area contributed by atoms with Gasteiger partial charge in [-0.3, -0.25) is 0 Å². The van der Waals surface area contributed by atoms with Crippen LogP contribution in [-0.2, 0) is 6.54 Å². The second-order valence-corrected chi connectivity index (χ2v) is 4.57. The van der Waals surface area contributed by atoms with Crippen LogP contribution in [0.5, 0.6) is 5.75 Å². The maximum absolute atomic E-state index is 5.43. The Morgan fingerprint density at radius 1 is 1.00 bits per heavy atom. The minimum atomic E-state index is 0.845. The Bertz CT molecular complexity index is 508. The third-order valence-electron chi connectivity index (χ3n) is 3.13. The van der Waals surface area contributed by atoms with Gasteiger partial charge in [-0.1, -0.05) is 43.3 Å². The number of benzene rings is 2. The van der Waals surface area contributed by atoms with Crippen LogP contribution in [0.1, 0.15) is 18.9 Å². The van der Waals surface area contributed by atoms with Crippen LogP contribution in [-0.4, -0.2) is 13.7 Å². The second-order valence-electron chi connectivity index (χ2n) is 4.57. The first-order valence-electron chi connectivity index (χ1n) is 6.78. The van der Waals surface area contributed by atoms with E-state index in [0.717, 1.165) is 25.3 Å². The van der Waals surface area contributed by atoms with Gasteiger partial charge in [-0.05, 0) is 36.2 Å². The summed E-state index contributed by atoms with van der Waals surface area (Å²) in [5.74, 6) is 0.947. The van der Waals surface area contributed by atoms with Gasteiger partial charge >= 0.3 is 0 Å². The van der Waals surface area contributed by atoms with Gasteiger partial charge in [-0.25, -0.2) is 0 Å². The predicted molar refractivity (Wildman–Crippen MR) is 80.4 cm³/mol. The van der Waals surface area contributed by atoms with E-state index in [1.54, 1.807) is 7.11 Å². The van der Waals surface area contributed by atoms with Gasteiger partial charge in [0.05, 0.1) is 7.11 Å². The zero-order chi connectivity index (χ0) is 13.5. The minimum absolute atomic E-state index is 0.845. The lowest BCUT2D eigenvalue weighted by atomic mass is 10.0. The normalized spacial score (nSPS) is 10.4. The molecule has 0 unspecified atom stereocenters. The Morgan fingerprint density at radius 2 is 1.79 bits per heavy atom. The summed E-state index contributed by atoms with van der Waals surface area (Å²) in [4.78, 5) is 0. The molecule has 100 valence electrons. The van der Waals surface area contributed by atoms with E-state index in [0.29, 0.717) is 0 Å². The fraction of sp³-hybridized carbons (Fsp3) is 0.294. The third-order valence-corrected chi connectivity index (χ3v) is 3.13. The summed E-state index contributed by atoms with van der Waals surface area (Å²) in [6, 6.07) is 16.8. The van der Waals surface area contributed by atoms with Crippen molar-refractivity contribution < 1.29 is 4.74 Å². The van der Waals surface area contributed by atoms with E-state index in [1.807, 2.05) is 12.1 Å².